The van der Waals surface area contributed by atoms with E-state index in [1.165, 1.54) is 0 Å². The van der Waals surface area contributed by atoms with Gasteiger partial charge in [-0.15, -0.1) is 0 Å². The van der Waals surface area contributed by atoms with Crippen LogP contribution in [0, 0.1) is 0 Å². The van der Waals surface area contributed by atoms with Crippen molar-refractivity contribution in [2.75, 3.05) is 0 Å². The molecule has 2 N–H and O–H groups in total. The first-order valence-electron chi connectivity index (χ1n) is 1.67. The summed E-state index contributed by atoms with van der Waals surface area (Å²) in [5, 5.41) is 0. The highest BCUT2D eigenvalue weighted by atomic mass is 28.6. The van der Waals surface area contributed by atoms with Crippen molar-refractivity contribution in [2.24, 2.45) is 0 Å². The van der Waals surface area contributed by atoms with Gasteiger partial charge in [-0.25, -0.2) is 0 Å². The van der Waals surface area contributed by atoms with Crippen LogP contribution in [0.15, 0.2) is 0 Å². The summed E-state index contributed by atoms with van der Waals surface area (Å²) in [6.45, 7) is 0. The number of hydrogen-bond donors (Lipinski definition) is 2. The van der Waals surface area contributed by atoms with Gasteiger partial charge in [0.25, 0.3) is 0 Å². The molecule has 0 saturated carbocycles. The Labute approximate surface area is 41.0 Å². The van der Waals surface area contributed by atoms with Crippen molar-refractivity contribution in [1.82, 2.24) is 0 Å². The lowest BCUT2D eigenvalue weighted by atomic mass is 15.4. The second kappa shape index (κ2) is 0.736. The molecule has 0 aliphatic carbocycles. The maximum atomic E-state index is 8.49. The molecule has 0 aromatic carbocycles. The summed E-state index contributed by atoms with van der Waals surface area (Å²) in [6.07, 6.45) is 0. The fourth-order valence-corrected chi connectivity index (χ4v) is 4.61. The van der Waals surface area contributed by atoms with Gasteiger partial charge in [-0.3, -0.25) is 0 Å². The molecule has 0 spiro atoms. The van der Waals surface area contributed by atoms with Crippen LogP contribution < -0.4 is 0 Å². The lowest BCUT2D eigenvalue weighted by molar-refractivity contribution is -0.144. The summed E-state index contributed by atoms with van der Waals surface area (Å²) in [4.78, 5) is 17.0. The van der Waals surface area contributed by atoms with E-state index in [9.17, 15) is 0 Å². The molecule has 3 fully saturated rings. The van der Waals surface area contributed by atoms with Crippen LogP contribution in [0.3, 0.4) is 0 Å². The smallest absolute Gasteiger partial charge is 0.369 e. The van der Waals surface area contributed by atoms with Crippen LogP contribution in [0.5, 0.6) is 0 Å². The second-order valence-corrected chi connectivity index (χ2v) is 5.90. The Morgan fingerprint density at radius 2 is 1.14 bits per heavy atom. The van der Waals surface area contributed by atoms with E-state index in [0.717, 1.165) is 0 Å². The van der Waals surface area contributed by atoms with E-state index in [1.54, 1.807) is 0 Å². The Kier molecular flexibility index (Phi) is 0.436. The van der Waals surface area contributed by atoms with Gasteiger partial charge in [0.05, 0.1) is 0 Å². The monoisotopic (exact) mass is 138 g/mol. The Morgan fingerprint density at radius 1 is 0.857 bits per heavy atom. The van der Waals surface area contributed by atoms with E-state index < -0.39 is 18.1 Å². The molecule has 7 heteroatoms. The molecular formula is H2O5Si2. The predicted octanol–water partition coefficient (Wildman–Crippen LogP) is -2.08. The first kappa shape index (κ1) is 4.15. The lowest BCUT2D eigenvalue weighted by Gasteiger charge is -2.53. The van der Waals surface area contributed by atoms with Crippen molar-refractivity contribution in [3.05, 3.63) is 0 Å². The normalized spacial score (nSPS) is 66.0. The molecule has 3 aliphatic heterocycles. The fourth-order valence-electron chi connectivity index (χ4n) is 0.512. The van der Waals surface area contributed by atoms with E-state index in [2.05, 4.69) is 12.3 Å². The molecule has 3 heterocycles. The standard InChI is InChI=1S/H2O5Si2/c1-6-3-7(2,4-6)5-6/h1-2H. The Morgan fingerprint density at radius 3 is 1.14 bits per heavy atom. The van der Waals surface area contributed by atoms with E-state index in [0.29, 0.717) is 0 Å². The summed E-state index contributed by atoms with van der Waals surface area (Å²) < 4.78 is 13.0. The van der Waals surface area contributed by atoms with Gasteiger partial charge in [-0.1, -0.05) is 0 Å². The van der Waals surface area contributed by atoms with Crippen LogP contribution in [-0.2, 0) is 12.3 Å². The molecule has 5 nitrogen and oxygen atoms in total. The van der Waals surface area contributed by atoms with Crippen molar-refractivity contribution in [2.45, 2.75) is 0 Å². The van der Waals surface area contributed by atoms with Gasteiger partial charge < -0.3 is 21.9 Å². The summed E-state index contributed by atoms with van der Waals surface area (Å²) in [5.74, 6) is 0. The van der Waals surface area contributed by atoms with Gasteiger partial charge in [0.2, 0.25) is 0 Å². The van der Waals surface area contributed by atoms with Gasteiger partial charge >= 0.3 is 18.1 Å². The molecule has 2 bridgehead atoms. The molecule has 0 amide bonds. The molecule has 3 rings (SSSR count). The van der Waals surface area contributed by atoms with Crippen LogP contribution in [-0.4, -0.2) is 27.7 Å². The Bertz CT molecular complexity index is 87.5. The third-order valence-electron chi connectivity index (χ3n) is 0.774. The average molecular weight is 138 g/mol. The highest BCUT2D eigenvalue weighted by Gasteiger charge is 2.86. The molecule has 0 aromatic heterocycles. The lowest BCUT2D eigenvalue weighted by Crippen LogP contribution is -2.89. The molecule has 40 valence electrons. The predicted molar refractivity (Wildman–Crippen MR) is 19.2 cm³/mol. The summed E-state index contributed by atoms with van der Waals surface area (Å²) in [7, 11) is -6.14. The van der Waals surface area contributed by atoms with Gasteiger partial charge in [0, 0.05) is 0 Å². The maximum Gasteiger partial charge on any atom is 0.659 e. The largest absolute Gasteiger partial charge is 0.659 e. The molecule has 0 unspecified atom stereocenters. The van der Waals surface area contributed by atoms with E-state index >= 15 is 0 Å². The zero-order valence-corrected chi connectivity index (χ0v) is 5.12. The topological polar surface area (TPSA) is 68.2 Å². The molecular weight excluding hydrogens is 136 g/mol. The first-order valence-corrected chi connectivity index (χ1v) is 5.02. The number of hydrogen-bond acceptors (Lipinski definition) is 5. The van der Waals surface area contributed by atoms with Crippen molar-refractivity contribution in [3.63, 3.8) is 0 Å². The third kappa shape index (κ3) is 0.336. The van der Waals surface area contributed by atoms with E-state index in [-0.39, 0.29) is 0 Å². The molecule has 7 heavy (non-hydrogen) atoms. The van der Waals surface area contributed by atoms with Crippen LogP contribution in [0.1, 0.15) is 0 Å². The van der Waals surface area contributed by atoms with Gasteiger partial charge in [-0.2, -0.15) is 0 Å². The highest BCUT2D eigenvalue weighted by molar-refractivity contribution is 6.94. The van der Waals surface area contributed by atoms with Crippen LogP contribution >= 0.6 is 0 Å². The first-order chi connectivity index (χ1) is 3.12. The molecule has 0 aromatic rings. The van der Waals surface area contributed by atoms with Crippen molar-refractivity contribution >= 4 is 18.1 Å². The molecule has 3 saturated heterocycles. The second-order valence-electron chi connectivity index (χ2n) is 1.35. The van der Waals surface area contributed by atoms with Crippen LogP contribution in [0.25, 0.3) is 0 Å². The Balaban J connectivity index is 2.16. The zero-order chi connectivity index (χ0) is 5.12. The van der Waals surface area contributed by atoms with Crippen LogP contribution in [0.2, 0.25) is 0 Å². The minimum atomic E-state index is -3.07. The van der Waals surface area contributed by atoms with E-state index in [1.807, 2.05) is 0 Å². The van der Waals surface area contributed by atoms with Crippen molar-refractivity contribution in [3.8, 4) is 0 Å². The van der Waals surface area contributed by atoms with E-state index in [4.69, 9.17) is 9.59 Å². The molecule has 0 atom stereocenters. The minimum absolute atomic E-state index is 3.07. The maximum absolute atomic E-state index is 8.49. The number of rotatable bonds is 0. The Hall–Kier alpha value is 0.234. The fraction of sp³-hybridized carbons (Fsp3) is 0. The van der Waals surface area contributed by atoms with Crippen molar-refractivity contribution < 1.29 is 21.9 Å². The highest BCUT2D eigenvalue weighted by Crippen LogP contribution is 2.41. The van der Waals surface area contributed by atoms with Gasteiger partial charge in [0.15, 0.2) is 0 Å². The average Bonchev–Trinajstić information content (AvgIpc) is 1.27. The van der Waals surface area contributed by atoms with Gasteiger partial charge in [-0.05, 0) is 0 Å². The summed E-state index contributed by atoms with van der Waals surface area (Å²) >= 11 is 0. The van der Waals surface area contributed by atoms with Crippen molar-refractivity contribution in [1.29, 1.82) is 0 Å². The minimum Gasteiger partial charge on any atom is -0.369 e. The summed E-state index contributed by atoms with van der Waals surface area (Å²) in [6, 6.07) is 0. The molecule has 0 radical (unpaired) electrons. The third-order valence-corrected chi connectivity index (χ3v) is 6.96. The van der Waals surface area contributed by atoms with Crippen LogP contribution in [0.4, 0.5) is 0 Å². The quantitative estimate of drug-likeness (QED) is 0.376. The summed E-state index contributed by atoms with van der Waals surface area (Å²) in [5.41, 5.74) is 0. The zero-order valence-electron chi connectivity index (χ0n) is 3.12. The molecule has 3 aliphatic rings. The SMILES string of the molecule is O[Si]12O[Si](O)(O1)O2. The van der Waals surface area contributed by atoms with Gasteiger partial charge in [0.1, 0.15) is 0 Å².